The van der Waals surface area contributed by atoms with E-state index in [0.29, 0.717) is 25.2 Å². The molecule has 7 nitrogen and oxygen atoms in total. The van der Waals surface area contributed by atoms with Crippen LogP contribution in [0, 0.1) is 0 Å². The zero-order chi connectivity index (χ0) is 21.0. The second-order valence-electron chi connectivity index (χ2n) is 7.34. The smallest absolute Gasteiger partial charge is 0.274 e. The van der Waals surface area contributed by atoms with Crippen LogP contribution in [0.15, 0.2) is 54.1 Å². The molecular formula is C22H26N4O3. The molecule has 0 N–H and O–H groups in total. The number of rotatable bonds is 5. The van der Waals surface area contributed by atoms with Gasteiger partial charge in [0.15, 0.2) is 0 Å². The van der Waals surface area contributed by atoms with Crippen molar-refractivity contribution in [2.24, 2.45) is 7.05 Å². The highest BCUT2D eigenvalue weighted by Gasteiger charge is 2.31. The summed E-state index contributed by atoms with van der Waals surface area (Å²) in [5.74, 6) is -0.258. The zero-order valence-electron chi connectivity index (χ0n) is 16.9. The van der Waals surface area contributed by atoms with E-state index in [2.05, 4.69) is 11.6 Å². The molecule has 2 amide bonds. The van der Waals surface area contributed by atoms with Gasteiger partial charge in [-0.15, -0.1) is 6.58 Å². The Morgan fingerprint density at radius 2 is 1.93 bits per heavy atom. The molecule has 1 atom stereocenters. The number of benzene rings is 1. The van der Waals surface area contributed by atoms with Gasteiger partial charge in [0.05, 0.1) is 6.20 Å². The van der Waals surface area contributed by atoms with Crippen LogP contribution in [-0.4, -0.2) is 56.8 Å². The third kappa shape index (κ3) is 4.62. The van der Waals surface area contributed by atoms with Crippen LogP contribution in [-0.2, 0) is 13.5 Å². The van der Waals surface area contributed by atoms with Gasteiger partial charge in [-0.05, 0) is 37.5 Å². The van der Waals surface area contributed by atoms with Gasteiger partial charge in [-0.2, -0.15) is 0 Å². The molecule has 0 bridgehead atoms. The highest BCUT2D eigenvalue weighted by molar-refractivity contribution is 5.95. The first-order valence-corrected chi connectivity index (χ1v) is 9.73. The maximum atomic E-state index is 12.9. The number of aryl methyl sites for hydroxylation is 2. The van der Waals surface area contributed by atoms with Crippen LogP contribution in [0.1, 0.15) is 39.8 Å². The summed E-state index contributed by atoms with van der Waals surface area (Å²) in [5.41, 5.74) is 1.79. The number of hydrogen-bond acceptors (Lipinski definition) is 4. The van der Waals surface area contributed by atoms with Crippen molar-refractivity contribution < 1.29 is 9.59 Å². The summed E-state index contributed by atoms with van der Waals surface area (Å²) < 4.78 is 1.34. The summed E-state index contributed by atoms with van der Waals surface area (Å²) in [6.45, 7) is 6.97. The van der Waals surface area contributed by atoms with Gasteiger partial charge in [0, 0.05) is 44.5 Å². The van der Waals surface area contributed by atoms with Crippen LogP contribution < -0.4 is 5.56 Å². The monoisotopic (exact) mass is 394 g/mol. The van der Waals surface area contributed by atoms with Gasteiger partial charge in [0.25, 0.3) is 17.4 Å². The predicted molar refractivity (Wildman–Crippen MR) is 111 cm³/mol. The minimum Gasteiger partial charge on any atom is -0.333 e. The van der Waals surface area contributed by atoms with Crippen molar-refractivity contribution in [3.63, 3.8) is 0 Å². The molecule has 0 aliphatic carbocycles. The largest absolute Gasteiger partial charge is 0.333 e. The third-order valence-electron chi connectivity index (χ3n) is 5.21. The summed E-state index contributed by atoms with van der Waals surface area (Å²) in [6, 6.07) is 7.56. The van der Waals surface area contributed by atoms with Gasteiger partial charge < -0.3 is 14.4 Å². The van der Waals surface area contributed by atoms with Crippen LogP contribution in [0.25, 0.3) is 0 Å². The summed E-state index contributed by atoms with van der Waals surface area (Å²) in [4.78, 5) is 44.6. The van der Waals surface area contributed by atoms with E-state index in [-0.39, 0.29) is 29.1 Å². The lowest BCUT2D eigenvalue weighted by molar-refractivity contribution is 0.0411. The van der Waals surface area contributed by atoms with E-state index in [0.717, 1.165) is 19.0 Å². The fraction of sp³-hybridized carbons (Fsp3) is 0.364. The Bertz CT molecular complexity index is 965. The lowest BCUT2D eigenvalue weighted by Gasteiger charge is -2.39. The molecule has 1 fully saturated rings. The average Bonchev–Trinajstić information content (AvgIpc) is 2.73. The topological polar surface area (TPSA) is 75.5 Å². The maximum absolute atomic E-state index is 12.9. The van der Waals surface area contributed by atoms with Crippen molar-refractivity contribution >= 4 is 11.8 Å². The Morgan fingerprint density at radius 1 is 1.21 bits per heavy atom. The standard InChI is InChI=1S/C22H26N4O3/c1-4-5-6-17-7-9-18(10-8-17)21(28)26-12-11-25(14-16(26)2)22(29)19-15-24(3)20(27)13-23-19/h4,7-10,13,15-16H,1,5-6,11-12,14H2,2-3H3/t16-/m1/s1. The Labute approximate surface area is 170 Å². The molecule has 152 valence electrons. The quantitative estimate of drug-likeness (QED) is 0.726. The SMILES string of the molecule is C=CCCc1ccc(C(=O)N2CCN(C(=O)c3cn(C)c(=O)cn3)C[C@H]2C)cc1. The molecule has 7 heteroatoms. The first kappa shape index (κ1) is 20.5. The first-order chi connectivity index (χ1) is 13.9. The molecule has 1 aromatic heterocycles. The molecule has 1 aromatic carbocycles. The highest BCUT2D eigenvalue weighted by atomic mass is 16.2. The molecule has 0 spiro atoms. The summed E-state index contributed by atoms with van der Waals surface area (Å²) in [6.07, 6.45) is 6.29. The minimum atomic E-state index is -0.263. The van der Waals surface area contributed by atoms with Gasteiger partial charge in [0.1, 0.15) is 5.69 Å². The number of aromatic nitrogens is 2. The van der Waals surface area contributed by atoms with Gasteiger partial charge in [-0.1, -0.05) is 18.2 Å². The molecule has 29 heavy (non-hydrogen) atoms. The molecular weight excluding hydrogens is 368 g/mol. The Hall–Kier alpha value is -3.22. The number of carbonyl (C=O) groups is 2. The van der Waals surface area contributed by atoms with E-state index in [4.69, 9.17) is 0 Å². The summed E-state index contributed by atoms with van der Waals surface area (Å²) >= 11 is 0. The van der Waals surface area contributed by atoms with Crippen molar-refractivity contribution in [1.29, 1.82) is 0 Å². The number of hydrogen-bond donors (Lipinski definition) is 0. The molecule has 0 saturated carbocycles. The summed E-state index contributed by atoms with van der Waals surface area (Å²) in [5, 5.41) is 0. The summed E-state index contributed by atoms with van der Waals surface area (Å²) in [7, 11) is 1.59. The highest BCUT2D eigenvalue weighted by Crippen LogP contribution is 2.16. The van der Waals surface area contributed by atoms with Crippen LogP contribution in [0.5, 0.6) is 0 Å². The predicted octanol–water partition coefficient (Wildman–Crippen LogP) is 1.89. The van der Waals surface area contributed by atoms with Crippen molar-refractivity contribution in [2.75, 3.05) is 19.6 Å². The second-order valence-corrected chi connectivity index (χ2v) is 7.34. The lowest BCUT2D eigenvalue weighted by atomic mass is 10.1. The lowest BCUT2D eigenvalue weighted by Crippen LogP contribution is -2.55. The zero-order valence-corrected chi connectivity index (χ0v) is 16.9. The van der Waals surface area contributed by atoms with E-state index in [1.807, 2.05) is 37.3 Å². The van der Waals surface area contributed by atoms with Gasteiger partial charge in [-0.25, -0.2) is 4.98 Å². The van der Waals surface area contributed by atoms with Crippen LogP contribution in [0.3, 0.4) is 0 Å². The Kier molecular flexibility index (Phi) is 6.26. The van der Waals surface area contributed by atoms with Crippen LogP contribution in [0.4, 0.5) is 0 Å². The van der Waals surface area contributed by atoms with E-state index >= 15 is 0 Å². The van der Waals surface area contributed by atoms with Crippen molar-refractivity contribution in [3.05, 3.63) is 76.5 Å². The normalized spacial score (nSPS) is 16.6. The molecule has 0 unspecified atom stereocenters. The number of piperazine rings is 1. The number of nitrogens with zero attached hydrogens (tertiary/aromatic N) is 4. The average molecular weight is 394 g/mol. The van der Waals surface area contributed by atoms with Crippen molar-refractivity contribution in [1.82, 2.24) is 19.4 Å². The molecule has 3 rings (SSSR count). The molecule has 2 heterocycles. The third-order valence-corrected chi connectivity index (χ3v) is 5.21. The van der Waals surface area contributed by atoms with Crippen LogP contribution >= 0.6 is 0 Å². The first-order valence-electron chi connectivity index (χ1n) is 9.73. The van der Waals surface area contributed by atoms with E-state index in [9.17, 15) is 14.4 Å². The second kappa shape index (κ2) is 8.86. The fourth-order valence-corrected chi connectivity index (χ4v) is 3.46. The van der Waals surface area contributed by atoms with E-state index in [1.54, 1.807) is 16.8 Å². The fourth-order valence-electron chi connectivity index (χ4n) is 3.46. The Balaban J connectivity index is 1.65. The Morgan fingerprint density at radius 3 is 2.55 bits per heavy atom. The molecule has 1 saturated heterocycles. The number of carbonyl (C=O) groups excluding carboxylic acids is 2. The van der Waals surface area contributed by atoms with Crippen molar-refractivity contribution in [2.45, 2.75) is 25.8 Å². The molecule has 0 radical (unpaired) electrons. The van der Waals surface area contributed by atoms with Crippen molar-refractivity contribution in [3.8, 4) is 0 Å². The van der Waals surface area contributed by atoms with E-state index in [1.165, 1.54) is 16.3 Å². The molecule has 2 aromatic rings. The number of allylic oxidation sites excluding steroid dienone is 1. The minimum absolute atomic E-state index is 0.0277. The maximum Gasteiger partial charge on any atom is 0.274 e. The van der Waals surface area contributed by atoms with Gasteiger partial charge in [0.2, 0.25) is 0 Å². The van der Waals surface area contributed by atoms with Gasteiger partial charge in [-0.3, -0.25) is 14.4 Å². The van der Waals surface area contributed by atoms with Crippen LogP contribution in [0.2, 0.25) is 0 Å². The van der Waals surface area contributed by atoms with Gasteiger partial charge >= 0.3 is 0 Å². The number of amides is 2. The van der Waals surface area contributed by atoms with E-state index < -0.39 is 0 Å². The molecule has 1 aliphatic heterocycles. The molecule has 1 aliphatic rings.